The summed E-state index contributed by atoms with van der Waals surface area (Å²) in [5.74, 6) is 0.136. The second kappa shape index (κ2) is 5.53. The zero-order valence-corrected chi connectivity index (χ0v) is 9.12. The number of nitro groups is 1. The second-order valence-corrected chi connectivity index (χ2v) is 3.20. The summed E-state index contributed by atoms with van der Waals surface area (Å²) in [4.78, 5) is 9.73. The van der Waals surface area contributed by atoms with Crippen LogP contribution in [-0.2, 0) is 0 Å². The minimum atomic E-state index is -0.586. The van der Waals surface area contributed by atoms with Gasteiger partial charge in [0.1, 0.15) is 10.7 Å². The number of rotatable bonds is 4. The minimum absolute atomic E-state index is 0. The molecule has 0 saturated carbocycles. The average molecular weight is 233 g/mol. The summed E-state index contributed by atoms with van der Waals surface area (Å²) >= 11 is 0. The Labute approximate surface area is 93.5 Å². The highest BCUT2D eigenvalue weighted by Gasteiger charge is 2.16. The molecule has 1 atom stereocenters. The maximum atomic E-state index is 10.3. The molecule has 0 amide bonds. The maximum Gasteiger partial charge on any atom is 0.433 e. The quantitative estimate of drug-likeness (QED) is 0.491. The molecule has 0 aliphatic heterocycles. The summed E-state index contributed by atoms with van der Waals surface area (Å²) in [6, 6.07) is 2.46. The lowest BCUT2D eigenvalue weighted by atomic mass is 10.1. The van der Waals surface area contributed by atoms with Crippen molar-refractivity contribution in [1.29, 1.82) is 0 Å². The first kappa shape index (κ1) is 13.7. The van der Waals surface area contributed by atoms with E-state index in [2.05, 4.69) is 6.58 Å². The summed E-state index contributed by atoms with van der Waals surface area (Å²) in [5, 5.41) is 10.3. The molecule has 0 fully saturated rings. The van der Waals surface area contributed by atoms with Crippen LogP contribution in [0.1, 0.15) is 25.1 Å². The van der Waals surface area contributed by atoms with Gasteiger partial charge in [0, 0.05) is 0 Å². The van der Waals surface area contributed by atoms with Crippen molar-refractivity contribution in [3.8, 4) is 0 Å². The highest BCUT2D eigenvalue weighted by atomic mass is 35.5. The highest BCUT2D eigenvalue weighted by molar-refractivity contribution is 5.85. The topological polar surface area (TPSA) is 82.3 Å². The Morgan fingerprint density at radius 2 is 2.33 bits per heavy atom. The van der Waals surface area contributed by atoms with Crippen molar-refractivity contribution in [2.45, 2.75) is 19.4 Å². The summed E-state index contributed by atoms with van der Waals surface area (Å²) < 4.78 is 4.94. The van der Waals surface area contributed by atoms with Crippen molar-refractivity contribution in [1.82, 2.24) is 0 Å². The minimum Gasteiger partial charge on any atom is -0.404 e. The van der Waals surface area contributed by atoms with E-state index in [9.17, 15) is 10.1 Å². The van der Waals surface area contributed by atoms with Crippen LogP contribution in [0, 0.1) is 10.1 Å². The lowest BCUT2D eigenvalue weighted by Gasteiger charge is -2.06. The molecule has 84 valence electrons. The summed E-state index contributed by atoms with van der Waals surface area (Å²) in [6.45, 7) is 5.55. The normalized spacial score (nSPS) is 11.6. The fourth-order valence-corrected chi connectivity index (χ4v) is 1.12. The number of nitrogens with two attached hydrogens (primary N) is 1. The predicted octanol–water partition coefficient (Wildman–Crippen LogP) is 2.58. The van der Waals surface area contributed by atoms with Crippen LogP contribution in [0.5, 0.6) is 0 Å². The molecule has 2 N–H and O–H groups in total. The first-order valence-corrected chi connectivity index (χ1v) is 4.15. The lowest BCUT2D eigenvalue weighted by molar-refractivity contribution is -0.402. The van der Waals surface area contributed by atoms with Crippen molar-refractivity contribution < 1.29 is 9.34 Å². The van der Waals surface area contributed by atoms with Gasteiger partial charge >= 0.3 is 5.88 Å². The van der Waals surface area contributed by atoms with Gasteiger partial charge in [0.05, 0.1) is 12.1 Å². The standard InChI is InChI=1S/C9H12N2O3.ClH/c1-6(2)5-7(10)8-3-4-9(14-8)11(12)13;/h3-4,7H,1,5,10H2,2H3;1H/t7-;/m0./s1. The molecular weight excluding hydrogens is 220 g/mol. The van der Waals surface area contributed by atoms with Crippen LogP contribution in [0.25, 0.3) is 0 Å². The molecule has 0 unspecified atom stereocenters. The molecule has 0 radical (unpaired) electrons. The van der Waals surface area contributed by atoms with E-state index < -0.39 is 4.92 Å². The molecule has 0 aliphatic rings. The summed E-state index contributed by atoms with van der Waals surface area (Å²) in [7, 11) is 0. The van der Waals surface area contributed by atoms with E-state index in [4.69, 9.17) is 10.2 Å². The van der Waals surface area contributed by atoms with Gasteiger partial charge in [-0.3, -0.25) is 10.1 Å². The Morgan fingerprint density at radius 3 is 2.73 bits per heavy atom. The van der Waals surface area contributed by atoms with Crippen molar-refractivity contribution in [3.05, 3.63) is 40.2 Å². The van der Waals surface area contributed by atoms with Gasteiger partial charge in [-0.25, -0.2) is 0 Å². The van der Waals surface area contributed by atoms with Gasteiger partial charge in [0.25, 0.3) is 0 Å². The van der Waals surface area contributed by atoms with E-state index in [0.29, 0.717) is 12.2 Å². The van der Waals surface area contributed by atoms with Crippen LogP contribution < -0.4 is 5.73 Å². The van der Waals surface area contributed by atoms with Crippen LogP contribution in [0.15, 0.2) is 28.7 Å². The molecule has 0 saturated heterocycles. The van der Waals surface area contributed by atoms with Gasteiger partial charge in [0.2, 0.25) is 0 Å². The molecule has 0 aliphatic carbocycles. The molecule has 0 aromatic carbocycles. The van der Waals surface area contributed by atoms with E-state index in [0.717, 1.165) is 5.57 Å². The average Bonchev–Trinajstić information content (AvgIpc) is 2.50. The molecule has 5 nitrogen and oxygen atoms in total. The van der Waals surface area contributed by atoms with E-state index in [1.165, 1.54) is 12.1 Å². The highest BCUT2D eigenvalue weighted by Crippen LogP contribution is 2.23. The third kappa shape index (κ3) is 3.73. The third-order valence-corrected chi connectivity index (χ3v) is 1.73. The molecule has 15 heavy (non-hydrogen) atoms. The Balaban J connectivity index is 0.00000196. The van der Waals surface area contributed by atoms with Crippen LogP contribution in [0.3, 0.4) is 0 Å². The molecule has 0 spiro atoms. The fraction of sp³-hybridized carbons (Fsp3) is 0.333. The number of hydrogen-bond donors (Lipinski definition) is 1. The van der Waals surface area contributed by atoms with Gasteiger partial charge < -0.3 is 10.2 Å². The number of furan rings is 1. The fourth-order valence-electron chi connectivity index (χ4n) is 1.12. The van der Waals surface area contributed by atoms with Crippen LogP contribution >= 0.6 is 12.4 Å². The summed E-state index contributed by atoms with van der Waals surface area (Å²) in [6.07, 6.45) is 0.560. The van der Waals surface area contributed by atoms with Crippen LogP contribution in [0.2, 0.25) is 0 Å². The van der Waals surface area contributed by atoms with Gasteiger partial charge in [0.15, 0.2) is 0 Å². The zero-order valence-electron chi connectivity index (χ0n) is 8.30. The molecular formula is C9H13ClN2O3. The monoisotopic (exact) mass is 232 g/mol. The Kier molecular flexibility index (Phi) is 5.04. The number of nitrogens with zero attached hydrogens (tertiary/aromatic N) is 1. The third-order valence-electron chi connectivity index (χ3n) is 1.73. The van der Waals surface area contributed by atoms with Crippen LogP contribution in [-0.4, -0.2) is 4.92 Å². The molecule has 1 heterocycles. The van der Waals surface area contributed by atoms with Gasteiger partial charge in [-0.1, -0.05) is 5.57 Å². The van der Waals surface area contributed by atoms with E-state index in [1.54, 1.807) is 0 Å². The molecule has 1 aromatic rings. The maximum absolute atomic E-state index is 10.3. The predicted molar refractivity (Wildman–Crippen MR) is 59.0 cm³/mol. The van der Waals surface area contributed by atoms with Gasteiger partial charge in [-0.2, -0.15) is 0 Å². The Hall–Kier alpha value is -1.33. The van der Waals surface area contributed by atoms with E-state index in [1.807, 2.05) is 6.92 Å². The van der Waals surface area contributed by atoms with E-state index in [-0.39, 0.29) is 24.3 Å². The van der Waals surface area contributed by atoms with Crippen molar-refractivity contribution in [3.63, 3.8) is 0 Å². The largest absolute Gasteiger partial charge is 0.433 e. The molecule has 6 heteroatoms. The molecule has 1 aromatic heterocycles. The summed E-state index contributed by atoms with van der Waals surface area (Å²) in [5.41, 5.74) is 6.65. The Bertz CT molecular complexity index is 362. The second-order valence-electron chi connectivity index (χ2n) is 3.20. The van der Waals surface area contributed by atoms with Crippen molar-refractivity contribution in [2.24, 2.45) is 5.73 Å². The lowest BCUT2D eigenvalue weighted by Crippen LogP contribution is -2.09. The van der Waals surface area contributed by atoms with Crippen molar-refractivity contribution in [2.75, 3.05) is 0 Å². The Morgan fingerprint density at radius 1 is 1.73 bits per heavy atom. The van der Waals surface area contributed by atoms with Gasteiger partial charge in [-0.15, -0.1) is 19.0 Å². The first-order chi connectivity index (χ1) is 6.50. The van der Waals surface area contributed by atoms with E-state index >= 15 is 0 Å². The van der Waals surface area contributed by atoms with Crippen molar-refractivity contribution >= 4 is 18.3 Å². The molecule has 0 bridgehead atoms. The first-order valence-electron chi connectivity index (χ1n) is 4.15. The van der Waals surface area contributed by atoms with Crippen LogP contribution in [0.4, 0.5) is 5.88 Å². The molecule has 1 rings (SSSR count). The SMILES string of the molecule is C=C(C)C[C@H](N)c1ccc([N+](=O)[O-])o1.Cl. The number of halogens is 1. The van der Waals surface area contributed by atoms with Gasteiger partial charge in [-0.05, 0) is 19.4 Å². The number of hydrogen-bond acceptors (Lipinski definition) is 4. The zero-order chi connectivity index (χ0) is 10.7. The smallest absolute Gasteiger partial charge is 0.404 e.